The summed E-state index contributed by atoms with van der Waals surface area (Å²) in [5.74, 6) is 0.251. The molecular formula is C17H17N3O3. The summed E-state index contributed by atoms with van der Waals surface area (Å²) in [6.45, 7) is 1.45. The Morgan fingerprint density at radius 1 is 1.04 bits per heavy atom. The first-order valence-corrected chi connectivity index (χ1v) is 6.93. The van der Waals surface area contributed by atoms with Gasteiger partial charge in [0.1, 0.15) is 5.75 Å². The van der Waals surface area contributed by atoms with Crippen LogP contribution < -0.4 is 15.5 Å². The van der Waals surface area contributed by atoms with Crippen LogP contribution in [-0.2, 0) is 4.79 Å². The molecule has 0 fully saturated rings. The van der Waals surface area contributed by atoms with Gasteiger partial charge < -0.3 is 10.1 Å². The van der Waals surface area contributed by atoms with Gasteiger partial charge in [0.15, 0.2) is 0 Å². The topological polar surface area (TPSA) is 79.8 Å². The first-order chi connectivity index (χ1) is 11.1. The number of anilines is 1. The molecule has 6 nitrogen and oxygen atoms in total. The Hall–Kier alpha value is -3.15. The van der Waals surface area contributed by atoms with E-state index in [4.69, 9.17) is 4.74 Å². The molecule has 0 unspecified atom stereocenters. The monoisotopic (exact) mass is 311 g/mol. The SMILES string of the molecule is COc1ccc(C(=O)N/N=C\c2ccc(NC(C)=O)cc2)cc1. The van der Waals surface area contributed by atoms with E-state index in [9.17, 15) is 9.59 Å². The summed E-state index contributed by atoms with van der Waals surface area (Å²) in [5, 5.41) is 6.58. The second-order valence-corrected chi connectivity index (χ2v) is 4.73. The molecule has 0 aliphatic heterocycles. The van der Waals surface area contributed by atoms with E-state index < -0.39 is 0 Å². The predicted octanol–water partition coefficient (Wildman–Crippen LogP) is 2.42. The molecule has 2 aromatic rings. The molecule has 0 bridgehead atoms. The van der Waals surface area contributed by atoms with Crippen molar-refractivity contribution in [3.8, 4) is 5.75 Å². The van der Waals surface area contributed by atoms with Crippen molar-refractivity contribution < 1.29 is 14.3 Å². The van der Waals surface area contributed by atoms with E-state index in [0.29, 0.717) is 17.0 Å². The number of amides is 2. The zero-order chi connectivity index (χ0) is 16.7. The summed E-state index contributed by atoms with van der Waals surface area (Å²) in [6.07, 6.45) is 1.53. The fourth-order valence-corrected chi connectivity index (χ4v) is 1.83. The maximum absolute atomic E-state index is 11.9. The number of rotatable bonds is 5. The van der Waals surface area contributed by atoms with E-state index in [1.807, 2.05) is 0 Å². The lowest BCUT2D eigenvalue weighted by Crippen LogP contribution is -2.17. The van der Waals surface area contributed by atoms with Crippen molar-refractivity contribution in [2.75, 3.05) is 12.4 Å². The first kappa shape index (κ1) is 16.2. The Bertz CT molecular complexity index is 707. The number of hydrogen-bond donors (Lipinski definition) is 2. The Morgan fingerprint density at radius 2 is 1.70 bits per heavy atom. The number of carbonyl (C=O) groups is 2. The summed E-state index contributed by atoms with van der Waals surface area (Å²) < 4.78 is 5.03. The fourth-order valence-electron chi connectivity index (χ4n) is 1.83. The maximum atomic E-state index is 11.9. The number of carbonyl (C=O) groups excluding carboxylic acids is 2. The number of ether oxygens (including phenoxy) is 1. The lowest BCUT2D eigenvalue weighted by Gasteiger charge is -2.03. The normalized spacial score (nSPS) is 10.3. The van der Waals surface area contributed by atoms with Crippen molar-refractivity contribution in [3.63, 3.8) is 0 Å². The number of hydrazone groups is 1. The van der Waals surface area contributed by atoms with Gasteiger partial charge in [-0.05, 0) is 42.0 Å². The molecule has 23 heavy (non-hydrogen) atoms. The predicted molar refractivity (Wildman–Crippen MR) is 88.8 cm³/mol. The summed E-state index contributed by atoms with van der Waals surface area (Å²) in [6, 6.07) is 13.8. The number of nitrogens with zero attached hydrogens (tertiary/aromatic N) is 1. The van der Waals surface area contributed by atoms with Gasteiger partial charge in [0.25, 0.3) is 5.91 Å². The summed E-state index contributed by atoms with van der Waals surface area (Å²) in [7, 11) is 1.57. The number of methoxy groups -OCH3 is 1. The van der Waals surface area contributed by atoms with Gasteiger partial charge in [0.05, 0.1) is 13.3 Å². The fraction of sp³-hybridized carbons (Fsp3) is 0.118. The van der Waals surface area contributed by atoms with Gasteiger partial charge in [-0.3, -0.25) is 9.59 Å². The van der Waals surface area contributed by atoms with E-state index in [2.05, 4.69) is 15.8 Å². The summed E-state index contributed by atoms with van der Waals surface area (Å²) in [4.78, 5) is 22.8. The van der Waals surface area contributed by atoms with Crippen molar-refractivity contribution in [3.05, 3.63) is 59.7 Å². The molecule has 0 aliphatic rings. The summed E-state index contributed by atoms with van der Waals surface area (Å²) in [5.41, 5.74) is 4.45. The highest BCUT2D eigenvalue weighted by atomic mass is 16.5. The maximum Gasteiger partial charge on any atom is 0.271 e. The molecule has 0 aromatic heterocycles. The van der Waals surface area contributed by atoms with E-state index in [-0.39, 0.29) is 11.8 Å². The van der Waals surface area contributed by atoms with E-state index in [0.717, 1.165) is 5.56 Å². The highest BCUT2D eigenvalue weighted by molar-refractivity contribution is 5.95. The summed E-state index contributed by atoms with van der Waals surface area (Å²) >= 11 is 0. The van der Waals surface area contributed by atoms with Crippen molar-refractivity contribution in [2.24, 2.45) is 5.10 Å². The minimum absolute atomic E-state index is 0.127. The van der Waals surface area contributed by atoms with E-state index in [1.165, 1.54) is 13.1 Å². The van der Waals surface area contributed by atoms with Crippen LogP contribution in [0.2, 0.25) is 0 Å². The Morgan fingerprint density at radius 3 is 2.26 bits per heavy atom. The van der Waals surface area contributed by atoms with Crippen LogP contribution in [0, 0.1) is 0 Å². The zero-order valence-corrected chi connectivity index (χ0v) is 12.9. The average Bonchev–Trinajstić information content (AvgIpc) is 2.56. The molecule has 0 radical (unpaired) electrons. The second-order valence-electron chi connectivity index (χ2n) is 4.73. The van der Waals surface area contributed by atoms with Gasteiger partial charge in [-0.1, -0.05) is 12.1 Å². The van der Waals surface area contributed by atoms with Gasteiger partial charge in [-0.15, -0.1) is 0 Å². The van der Waals surface area contributed by atoms with Gasteiger partial charge in [0, 0.05) is 18.2 Å². The molecular weight excluding hydrogens is 294 g/mol. The molecule has 0 heterocycles. The minimum Gasteiger partial charge on any atom is -0.497 e. The van der Waals surface area contributed by atoms with Crippen LogP contribution in [0.3, 0.4) is 0 Å². The van der Waals surface area contributed by atoms with Crippen molar-refractivity contribution in [2.45, 2.75) is 6.92 Å². The first-order valence-electron chi connectivity index (χ1n) is 6.93. The molecule has 0 spiro atoms. The van der Waals surface area contributed by atoms with E-state index in [1.54, 1.807) is 55.6 Å². The standard InChI is InChI=1S/C17H17N3O3/c1-12(21)19-15-7-3-13(4-8-15)11-18-20-17(22)14-5-9-16(23-2)10-6-14/h3-11H,1-2H3,(H,19,21)(H,20,22)/b18-11-. The largest absolute Gasteiger partial charge is 0.497 e. The third kappa shape index (κ3) is 4.96. The lowest BCUT2D eigenvalue weighted by atomic mass is 10.2. The highest BCUT2D eigenvalue weighted by Crippen LogP contribution is 2.11. The smallest absolute Gasteiger partial charge is 0.271 e. The lowest BCUT2D eigenvalue weighted by molar-refractivity contribution is -0.114. The van der Waals surface area contributed by atoms with Crippen LogP contribution in [0.5, 0.6) is 5.75 Å². The average molecular weight is 311 g/mol. The van der Waals surface area contributed by atoms with Crippen LogP contribution in [0.4, 0.5) is 5.69 Å². The van der Waals surface area contributed by atoms with Gasteiger partial charge in [-0.2, -0.15) is 5.10 Å². The molecule has 0 saturated heterocycles. The number of hydrogen-bond acceptors (Lipinski definition) is 4. The third-order valence-corrected chi connectivity index (χ3v) is 2.96. The van der Waals surface area contributed by atoms with Crippen molar-refractivity contribution in [1.82, 2.24) is 5.43 Å². The molecule has 6 heteroatoms. The molecule has 2 N–H and O–H groups in total. The molecule has 0 atom stereocenters. The molecule has 0 saturated carbocycles. The Labute approximate surface area is 134 Å². The van der Waals surface area contributed by atoms with Gasteiger partial charge >= 0.3 is 0 Å². The number of nitrogens with one attached hydrogen (secondary N) is 2. The van der Waals surface area contributed by atoms with Crippen LogP contribution in [-0.4, -0.2) is 25.1 Å². The third-order valence-electron chi connectivity index (χ3n) is 2.96. The quantitative estimate of drug-likeness (QED) is 0.657. The van der Waals surface area contributed by atoms with E-state index >= 15 is 0 Å². The molecule has 2 rings (SSSR count). The molecule has 0 aliphatic carbocycles. The van der Waals surface area contributed by atoms with Crippen molar-refractivity contribution >= 4 is 23.7 Å². The van der Waals surface area contributed by atoms with Crippen LogP contribution in [0.1, 0.15) is 22.8 Å². The molecule has 118 valence electrons. The van der Waals surface area contributed by atoms with Crippen LogP contribution in [0.15, 0.2) is 53.6 Å². The highest BCUT2D eigenvalue weighted by Gasteiger charge is 2.03. The zero-order valence-electron chi connectivity index (χ0n) is 12.9. The Kier molecular flexibility index (Phi) is 5.46. The van der Waals surface area contributed by atoms with Crippen LogP contribution >= 0.6 is 0 Å². The molecule has 2 aromatic carbocycles. The minimum atomic E-state index is -0.307. The van der Waals surface area contributed by atoms with Crippen molar-refractivity contribution in [1.29, 1.82) is 0 Å². The van der Waals surface area contributed by atoms with Crippen LogP contribution in [0.25, 0.3) is 0 Å². The van der Waals surface area contributed by atoms with Gasteiger partial charge in [-0.25, -0.2) is 5.43 Å². The second kappa shape index (κ2) is 7.74. The number of benzene rings is 2. The van der Waals surface area contributed by atoms with Gasteiger partial charge in [0.2, 0.25) is 5.91 Å². The Balaban J connectivity index is 1.92. The molecule has 2 amide bonds.